The van der Waals surface area contributed by atoms with Crippen molar-refractivity contribution in [1.82, 2.24) is 0 Å². The van der Waals surface area contributed by atoms with E-state index in [1.165, 1.54) is 6.07 Å². The van der Waals surface area contributed by atoms with E-state index in [4.69, 9.17) is 4.42 Å². The zero-order chi connectivity index (χ0) is 18.0. The number of phenols is 1. The normalized spacial score (nSPS) is 10.8. The first-order chi connectivity index (χ1) is 12.0. The number of hydrogen-bond donors (Lipinski definition) is 2. The number of aromatic hydroxyl groups is 1. The highest BCUT2D eigenvalue weighted by molar-refractivity contribution is 5.90. The molecule has 0 saturated heterocycles. The molecule has 25 heavy (non-hydrogen) atoms. The van der Waals surface area contributed by atoms with Crippen molar-refractivity contribution in [1.29, 1.82) is 0 Å². The van der Waals surface area contributed by atoms with E-state index < -0.39 is 5.63 Å². The van der Waals surface area contributed by atoms with Crippen molar-refractivity contribution in [3.8, 4) is 5.75 Å². The van der Waals surface area contributed by atoms with E-state index in [1.54, 1.807) is 19.1 Å². The number of anilines is 1. The minimum Gasteiger partial charge on any atom is -0.508 e. The van der Waals surface area contributed by atoms with E-state index in [0.717, 1.165) is 16.5 Å². The van der Waals surface area contributed by atoms with Gasteiger partial charge in [-0.1, -0.05) is 19.1 Å². The van der Waals surface area contributed by atoms with Gasteiger partial charge in [0.25, 0.3) is 0 Å². The minimum atomic E-state index is -0.418. The monoisotopic (exact) mass is 337 g/mol. The Morgan fingerprint density at radius 2 is 2.00 bits per heavy atom. The van der Waals surface area contributed by atoms with Crippen LogP contribution in [0.2, 0.25) is 0 Å². The molecule has 0 aliphatic heterocycles. The van der Waals surface area contributed by atoms with E-state index in [-0.39, 0.29) is 11.7 Å². The van der Waals surface area contributed by atoms with Gasteiger partial charge in [0.05, 0.1) is 0 Å². The van der Waals surface area contributed by atoms with E-state index in [9.17, 15) is 14.7 Å². The molecule has 5 heteroatoms. The van der Waals surface area contributed by atoms with Gasteiger partial charge in [-0.25, -0.2) is 4.79 Å². The summed E-state index contributed by atoms with van der Waals surface area (Å²) in [6.07, 6.45) is 0.811. The lowest BCUT2D eigenvalue weighted by atomic mass is 9.99. The first-order valence-corrected chi connectivity index (χ1v) is 8.12. The summed E-state index contributed by atoms with van der Waals surface area (Å²) in [5.74, 6) is 0.000485. The van der Waals surface area contributed by atoms with Gasteiger partial charge in [-0.05, 0) is 42.3 Å². The molecule has 0 bridgehead atoms. The molecule has 0 fully saturated rings. The molecular formula is C20H19NO4. The standard InChI is InChI=1S/C20H19NO4/c1-3-19(23)21-14-6-4-5-13(9-14)10-17-12(2)16-8-7-15(22)11-18(16)25-20(17)24/h4-9,11,22H,3,10H2,1-2H3,(H,21,23). The molecule has 0 aliphatic carbocycles. The number of nitrogens with one attached hydrogen (secondary N) is 1. The van der Waals surface area contributed by atoms with Gasteiger partial charge in [0.2, 0.25) is 5.91 Å². The molecule has 2 aromatic carbocycles. The summed E-state index contributed by atoms with van der Waals surface area (Å²) in [6.45, 7) is 3.66. The van der Waals surface area contributed by atoms with E-state index in [2.05, 4.69) is 5.32 Å². The Morgan fingerprint density at radius 1 is 1.20 bits per heavy atom. The van der Waals surface area contributed by atoms with Crippen LogP contribution >= 0.6 is 0 Å². The van der Waals surface area contributed by atoms with Crippen molar-refractivity contribution in [3.05, 3.63) is 69.6 Å². The maximum atomic E-state index is 12.4. The Balaban J connectivity index is 1.98. The lowest BCUT2D eigenvalue weighted by molar-refractivity contribution is -0.115. The van der Waals surface area contributed by atoms with Crippen molar-refractivity contribution in [2.24, 2.45) is 0 Å². The molecule has 1 heterocycles. The smallest absolute Gasteiger partial charge is 0.340 e. The summed E-state index contributed by atoms with van der Waals surface area (Å²) in [7, 11) is 0. The molecule has 0 saturated carbocycles. The summed E-state index contributed by atoms with van der Waals surface area (Å²) < 4.78 is 5.35. The van der Waals surface area contributed by atoms with Gasteiger partial charge in [0.15, 0.2) is 0 Å². The van der Waals surface area contributed by atoms with Crippen LogP contribution < -0.4 is 10.9 Å². The van der Waals surface area contributed by atoms with Gasteiger partial charge < -0.3 is 14.8 Å². The summed E-state index contributed by atoms with van der Waals surface area (Å²) >= 11 is 0. The lowest BCUT2D eigenvalue weighted by Gasteiger charge is -2.10. The fraction of sp³-hybridized carbons (Fsp3) is 0.200. The van der Waals surface area contributed by atoms with Crippen LogP contribution in [0.15, 0.2) is 51.7 Å². The fourth-order valence-electron chi connectivity index (χ4n) is 2.80. The highest BCUT2D eigenvalue weighted by Gasteiger charge is 2.13. The van der Waals surface area contributed by atoms with E-state index in [1.807, 2.05) is 31.2 Å². The number of carbonyl (C=O) groups excluding carboxylic acids is 1. The number of carbonyl (C=O) groups is 1. The number of hydrogen-bond acceptors (Lipinski definition) is 4. The predicted molar refractivity (Wildman–Crippen MR) is 97.1 cm³/mol. The van der Waals surface area contributed by atoms with Crippen molar-refractivity contribution in [3.63, 3.8) is 0 Å². The number of rotatable bonds is 4. The summed E-state index contributed by atoms with van der Waals surface area (Å²) in [4.78, 5) is 23.9. The van der Waals surface area contributed by atoms with Crippen LogP contribution in [0.4, 0.5) is 5.69 Å². The van der Waals surface area contributed by atoms with Crippen molar-refractivity contribution in [2.75, 3.05) is 5.32 Å². The van der Waals surface area contributed by atoms with Gasteiger partial charge >= 0.3 is 5.63 Å². The van der Waals surface area contributed by atoms with Gasteiger partial charge in [0.1, 0.15) is 11.3 Å². The van der Waals surface area contributed by atoms with Gasteiger partial charge in [-0.15, -0.1) is 0 Å². The number of phenolic OH excluding ortho intramolecular Hbond substituents is 1. The Morgan fingerprint density at radius 3 is 2.76 bits per heavy atom. The van der Waals surface area contributed by atoms with Gasteiger partial charge in [-0.2, -0.15) is 0 Å². The molecule has 128 valence electrons. The fourth-order valence-corrected chi connectivity index (χ4v) is 2.80. The molecular weight excluding hydrogens is 318 g/mol. The van der Waals surface area contributed by atoms with Crippen LogP contribution in [0.5, 0.6) is 5.75 Å². The topological polar surface area (TPSA) is 79.5 Å². The molecule has 1 aromatic heterocycles. The summed E-state index contributed by atoms with van der Waals surface area (Å²) in [5, 5.41) is 13.2. The molecule has 0 radical (unpaired) electrons. The number of fused-ring (bicyclic) bond motifs is 1. The van der Waals surface area contributed by atoms with Crippen molar-refractivity contribution in [2.45, 2.75) is 26.7 Å². The maximum Gasteiger partial charge on any atom is 0.340 e. The quantitative estimate of drug-likeness (QED) is 0.711. The number of aryl methyl sites for hydroxylation is 1. The largest absolute Gasteiger partial charge is 0.508 e. The SMILES string of the molecule is CCC(=O)Nc1cccc(Cc2c(C)c3ccc(O)cc3oc2=O)c1. The van der Waals surface area contributed by atoms with Crippen LogP contribution in [0.1, 0.15) is 30.0 Å². The lowest BCUT2D eigenvalue weighted by Crippen LogP contribution is -2.12. The molecule has 5 nitrogen and oxygen atoms in total. The average Bonchev–Trinajstić information content (AvgIpc) is 2.58. The Hall–Kier alpha value is -3.08. The molecule has 0 spiro atoms. The Labute approximate surface area is 144 Å². The Bertz CT molecular complexity index is 1000. The van der Waals surface area contributed by atoms with Gasteiger partial charge in [-0.3, -0.25) is 4.79 Å². The molecule has 2 N–H and O–H groups in total. The first kappa shape index (κ1) is 16.8. The molecule has 0 aliphatic rings. The molecule has 0 atom stereocenters. The zero-order valence-corrected chi connectivity index (χ0v) is 14.1. The molecule has 0 unspecified atom stereocenters. The van der Waals surface area contributed by atoms with Crippen LogP contribution in [-0.2, 0) is 11.2 Å². The third-order valence-electron chi connectivity index (χ3n) is 4.18. The van der Waals surface area contributed by atoms with Crippen molar-refractivity contribution < 1.29 is 14.3 Å². The van der Waals surface area contributed by atoms with Crippen LogP contribution in [0, 0.1) is 6.92 Å². The van der Waals surface area contributed by atoms with E-state index >= 15 is 0 Å². The molecule has 3 aromatic rings. The number of benzene rings is 2. The van der Waals surface area contributed by atoms with Gasteiger partial charge in [0, 0.05) is 35.5 Å². The van der Waals surface area contributed by atoms with Crippen LogP contribution in [0.3, 0.4) is 0 Å². The van der Waals surface area contributed by atoms with E-state index in [0.29, 0.717) is 29.7 Å². The first-order valence-electron chi connectivity index (χ1n) is 8.12. The van der Waals surface area contributed by atoms with Crippen LogP contribution in [-0.4, -0.2) is 11.0 Å². The van der Waals surface area contributed by atoms with Crippen molar-refractivity contribution >= 4 is 22.6 Å². The molecule has 3 rings (SSSR count). The second kappa shape index (κ2) is 6.81. The third-order valence-corrected chi connectivity index (χ3v) is 4.18. The van der Waals surface area contributed by atoms with Crippen LogP contribution in [0.25, 0.3) is 11.0 Å². The summed E-state index contributed by atoms with van der Waals surface area (Å²) in [6, 6.07) is 12.2. The highest BCUT2D eigenvalue weighted by Crippen LogP contribution is 2.25. The second-order valence-electron chi connectivity index (χ2n) is 5.95. The Kier molecular flexibility index (Phi) is 4.57. The second-order valence-corrected chi connectivity index (χ2v) is 5.95. The zero-order valence-electron chi connectivity index (χ0n) is 14.1. The molecule has 1 amide bonds. The predicted octanol–water partition coefficient (Wildman–Crippen LogP) is 3.75. The third kappa shape index (κ3) is 3.55. The number of amides is 1. The maximum absolute atomic E-state index is 12.4. The minimum absolute atomic E-state index is 0.0571. The average molecular weight is 337 g/mol. The summed E-state index contributed by atoms with van der Waals surface area (Å²) in [5.41, 5.74) is 2.96. The highest BCUT2D eigenvalue weighted by atomic mass is 16.4.